The molecule has 0 radical (unpaired) electrons. The van der Waals surface area contributed by atoms with Crippen LogP contribution in [0.3, 0.4) is 0 Å². The largest absolute Gasteiger partial charge is 0.357 e. The SMILES string of the molecule is CCNC(=NCc1ccc(N2CCCC2=O)cc1)NCCCn1ccnc1.I. The second-order valence-corrected chi connectivity index (χ2v) is 6.59. The Morgan fingerprint density at radius 2 is 2.07 bits per heavy atom. The van der Waals surface area contributed by atoms with Crippen LogP contribution >= 0.6 is 24.0 Å². The van der Waals surface area contributed by atoms with Gasteiger partial charge in [-0.15, -0.1) is 24.0 Å². The Balaban J connectivity index is 0.00000280. The number of nitrogens with zero attached hydrogens (tertiary/aromatic N) is 4. The molecule has 0 aliphatic carbocycles. The third-order valence-electron chi connectivity index (χ3n) is 4.53. The van der Waals surface area contributed by atoms with E-state index in [1.54, 1.807) is 6.20 Å². The van der Waals surface area contributed by atoms with Crippen molar-refractivity contribution in [1.82, 2.24) is 20.2 Å². The molecule has 3 rings (SSSR count). The summed E-state index contributed by atoms with van der Waals surface area (Å²) in [6.45, 7) is 6.09. The number of imidazole rings is 1. The molecular formula is C20H29IN6O. The molecule has 7 nitrogen and oxygen atoms in total. The van der Waals surface area contributed by atoms with Crippen LogP contribution in [-0.4, -0.2) is 41.1 Å². The molecule has 2 heterocycles. The number of hydrogen-bond acceptors (Lipinski definition) is 3. The molecule has 2 aromatic rings. The molecule has 28 heavy (non-hydrogen) atoms. The zero-order valence-corrected chi connectivity index (χ0v) is 18.6. The van der Waals surface area contributed by atoms with Gasteiger partial charge in [-0.1, -0.05) is 12.1 Å². The van der Waals surface area contributed by atoms with Crippen molar-refractivity contribution >= 4 is 41.5 Å². The second kappa shape index (κ2) is 11.7. The standard InChI is InChI=1S/C20H28N6O.HI/c1-2-22-20(23-10-4-12-25-14-11-21-16-25)24-15-17-6-8-18(9-7-17)26-13-3-5-19(26)27;/h6-9,11,14,16H,2-5,10,12-13,15H2,1H3,(H2,22,23,24);1H. The van der Waals surface area contributed by atoms with Gasteiger partial charge >= 0.3 is 0 Å². The number of carbonyl (C=O) groups excluding carboxylic acids is 1. The third kappa shape index (κ3) is 6.50. The van der Waals surface area contributed by atoms with E-state index in [4.69, 9.17) is 0 Å². The number of rotatable bonds is 8. The number of nitrogens with one attached hydrogen (secondary N) is 2. The van der Waals surface area contributed by atoms with Gasteiger partial charge in [-0.3, -0.25) is 4.79 Å². The Kier molecular flexibility index (Phi) is 9.26. The van der Waals surface area contributed by atoms with Gasteiger partial charge in [0.2, 0.25) is 5.91 Å². The van der Waals surface area contributed by atoms with Crippen molar-refractivity contribution in [3.8, 4) is 0 Å². The molecule has 2 N–H and O–H groups in total. The molecule has 1 aromatic carbocycles. The molecule has 1 aromatic heterocycles. The summed E-state index contributed by atoms with van der Waals surface area (Å²) in [5, 5.41) is 6.64. The quantitative estimate of drug-likeness (QED) is 0.255. The Hall–Kier alpha value is -2.10. The minimum absolute atomic E-state index is 0. The number of aryl methyl sites for hydroxylation is 1. The van der Waals surface area contributed by atoms with Gasteiger partial charge in [0.25, 0.3) is 0 Å². The molecule has 1 fully saturated rings. The van der Waals surface area contributed by atoms with Crippen LogP contribution < -0.4 is 15.5 Å². The maximum Gasteiger partial charge on any atom is 0.227 e. The van der Waals surface area contributed by atoms with Gasteiger partial charge < -0.3 is 20.1 Å². The van der Waals surface area contributed by atoms with Crippen LogP contribution in [0.15, 0.2) is 48.0 Å². The van der Waals surface area contributed by atoms with Crippen molar-refractivity contribution < 1.29 is 4.79 Å². The highest BCUT2D eigenvalue weighted by Gasteiger charge is 2.21. The fourth-order valence-electron chi connectivity index (χ4n) is 3.10. The van der Waals surface area contributed by atoms with Crippen LogP contribution in [0.2, 0.25) is 0 Å². The molecule has 0 unspecified atom stereocenters. The van der Waals surface area contributed by atoms with Gasteiger partial charge in [-0.05, 0) is 37.5 Å². The molecule has 0 spiro atoms. The Morgan fingerprint density at radius 3 is 2.71 bits per heavy atom. The van der Waals surface area contributed by atoms with Gasteiger partial charge in [0.05, 0.1) is 12.9 Å². The number of carbonyl (C=O) groups is 1. The Bertz CT molecular complexity index is 745. The van der Waals surface area contributed by atoms with E-state index >= 15 is 0 Å². The normalized spacial score (nSPS) is 14.1. The highest BCUT2D eigenvalue weighted by molar-refractivity contribution is 14.0. The number of aromatic nitrogens is 2. The number of amides is 1. The lowest BCUT2D eigenvalue weighted by molar-refractivity contribution is -0.117. The number of aliphatic imine (C=N–C) groups is 1. The van der Waals surface area contributed by atoms with Gasteiger partial charge in [0, 0.05) is 50.7 Å². The topological polar surface area (TPSA) is 74.6 Å². The average Bonchev–Trinajstić information content (AvgIpc) is 3.35. The number of benzene rings is 1. The number of anilines is 1. The first-order valence-corrected chi connectivity index (χ1v) is 9.63. The molecule has 0 bridgehead atoms. The van der Waals surface area contributed by atoms with Gasteiger partial charge in [0.15, 0.2) is 5.96 Å². The minimum atomic E-state index is 0. The van der Waals surface area contributed by atoms with Crippen LogP contribution in [0.25, 0.3) is 0 Å². The highest BCUT2D eigenvalue weighted by Crippen LogP contribution is 2.21. The van der Waals surface area contributed by atoms with E-state index in [-0.39, 0.29) is 29.9 Å². The fourth-order valence-corrected chi connectivity index (χ4v) is 3.10. The first-order valence-electron chi connectivity index (χ1n) is 9.63. The summed E-state index contributed by atoms with van der Waals surface area (Å²) in [5.74, 6) is 1.04. The van der Waals surface area contributed by atoms with Crippen LogP contribution in [0.1, 0.15) is 31.7 Å². The van der Waals surface area contributed by atoms with E-state index in [2.05, 4.69) is 32.1 Å². The summed E-state index contributed by atoms with van der Waals surface area (Å²) in [6, 6.07) is 8.12. The van der Waals surface area contributed by atoms with E-state index in [9.17, 15) is 4.79 Å². The minimum Gasteiger partial charge on any atom is -0.357 e. The third-order valence-corrected chi connectivity index (χ3v) is 4.53. The molecule has 1 aliphatic heterocycles. The number of halogens is 1. The van der Waals surface area contributed by atoms with Crippen LogP contribution in [0.5, 0.6) is 0 Å². The molecule has 0 saturated carbocycles. The second-order valence-electron chi connectivity index (χ2n) is 6.59. The van der Waals surface area contributed by atoms with Crippen LogP contribution in [-0.2, 0) is 17.9 Å². The first kappa shape index (κ1) is 22.2. The predicted molar refractivity (Wildman–Crippen MR) is 123 cm³/mol. The highest BCUT2D eigenvalue weighted by atomic mass is 127. The van der Waals surface area contributed by atoms with Crippen molar-refractivity contribution in [2.75, 3.05) is 24.5 Å². The van der Waals surface area contributed by atoms with E-state index in [1.807, 2.05) is 41.7 Å². The first-order chi connectivity index (χ1) is 13.3. The fraction of sp³-hybridized carbons (Fsp3) is 0.450. The summed E-state index contributed by atoms with van der Waals surface area (Å²) in [6.07, 6.45) is 8.20. The van der Waals surface area contributed by atoms with Gasteiger partial charge in [0.1, 0.15) is 0 Å². The van der Waals surface area contributed by atoms with Crippen molar-refractivity contribution in [1.29, 1.82) is 0 Å². The lowest BCUT2D eigenvalue weighted by Gasteiger charge is -2.16. The average molecular weight is 496 g/mol. The lowest BCUT2D eigenvalue weighted by atomic mass is 10.2. The Labute approximate surface area is 183 Å². The summed E-state index contributed by atoms with van der Waals surface area (Å²) in [5.41, 5.74) is 2.11. The Morgan fingerprint density at radius 1 is 1.25 bits per heavy atom. The summed E-state index contributed by atoms with van der Waals surface area (Å²) < 4.78 is 2.07. The van der Waals surface area contributed by atoms with Crippen LogP contribution in [0.4, 0.5) is 5.69 Å². The van der Waals surface area contributed by atoms with Gasteiger partial charge in [-0.25, -0.2) is 9.98 Å². The molecule has 1 saturated heterocycles. The lowest BCUT2D eigenvalue weighted by Crippen LogP contribution is -2.38. The molecule has 1 amide bonds. The molecule has 0 atom stereocenters. The van der Waals surface area contributed by atoms with Gasteiger partial charge in [-0.2, -0.15) is 0 Å². The molecule has 1 aliphatic rings. The van der Waals surface area contributed by atoms with Crippen molar-refractivity contribution in [3.05, 3.63) is 48.5 Å². The van der Waals surface area contributed by atoms with E-state index in [0.29, 0.717) is 13.0 Å². The van der Waals surface area contributed by atoms with E-state index < -0.39 is 0 Å². The zero-order valence-electron chi connectivity index (χ0n) is 16.3. The summed E-state index contributed by atoms with van der Waals surface area (Å²) in [7, 11) is 0. The number of guanidine groups is 1. The smallest absolute Gasteiger partial charge is 0.227 e. The monoisotopic (exact) mass is 496 g/mol. The van der Waals surface area contributed by atoms with Crippen molar-refractivity contribution in [2.24, 2.45) is 4.99 Å². The van der Waals surface area contributed by atoms with Crippen LogP contribution in [0, 0.1) is 0 Å². The zero-order chi connectivity index (χ0) is 18.9. The van der Waals surface area contributed by atoms with E-state index in [1.165, 1.54) is 0 Å². The predicted octanol–water partition coefficient (Wildman–Crippen LogP) is 2.77. The maximum absolute atomic E-state index is 11.8. The summed E-state index contributed by atoms with van der Waals surface area (Å²) >= 11 is 0. The van der Waals surface area contributed by atoms with E-state index in [0.717, 1.165) is 56.2 Å². The number of hydrogen-bond donors (Lipinski definition) is 2. The van der Waals surface area contributed by atoms with Crippen molar-refractivity contribution in [2.45, 2.75) is 39.3 Å². The molecule has 152 valence electrons. The molecule has 8 heteroatoms. The summed E-state index contributed by atoms with van der Waals surface area (Å²) in [4.78, 5) is 22.4. The molecular weight excluding hydrogens is 467 g/mol. The maximum atomic E-state index is 11.8. The van der Waals surface area contributed by atoms with Crippen molar-refractivity contribution in [3.63, 3.8) is 0 Å².